The number of hydrogen-bond donors (Lipinski definition) is 2. The molecule has 2 amide bonds. The summed E-state index contributed by atoms with van der Waals surface area (Å²) in [5.74, 6) is -0.401. The maximum Gasteiger partial charge on any atom is 0.254 e. The molecule has 1 unspecified atom stereocenters. The molecular weight excluding hydrogens is 352 g/mol. The Hall–Kier alpha value is -3.15. The molecule has 6 nitrogen and oxygen atoms in total. The molecule has 4 rings (SSSR count). The van der Waals surface area contributed by atoms with Gasteiger partial charge in [-0.15, -0.1) is 0 Å². The highest BCUT2D eigenvalue weighted by molar-refractivity contribution is 5.98. The Morgan fingerprint density at radius 1 is 1.18 bits per heavy atom. The van der Waals surface area contributed by atoms with Crippen molar-refractivity contribution in [1.82, 2.24) is 15.1 Å². The van der Waals surface area contributed by atoms with Crippen molar-refractivity contribution in [1.29, 1.82) is 0 Å². The summed E-state index contributed by atoms with van der Waals surface area (Å²) in [5, 5.41) is 8.63. The summed E-state index contributed by atoms with van der Waals surface area (Å²) in [6.45, 7) is 2.73. The maximum atomic E-state index is 13.0. The highest BCUT2D eigenvalue weighted by Gasteiger charge is 2.28. The van der Waals surface area contributed by atoms with Gasteiger partial charge in [-0.1, -0.05) is 24.3 Å². The van der Waals surface area contributed by atoms with Crippen LogP contribution in [0.3, 0.4) is 0 Å². The first kappa shape index (κ1) is 18.2. The van der Waals surface area contributed by atoms with Gasteiger partial charge in [0, 0.05) is 35.5 Å². The zero-order valence-electron chi connectivity index (χ0n) is 15.9. The molecule has 2 heterocycles. The summed E-state index contributed by atoms with van der Waals surface area (Å²) in [6, 6.07) is 13.5. The highest BCUT2D eigenvalue weighted by Crippen LogP contribution is 2.29. The number of aromatic nitrogens is 2. The monoisotopic (exact) mass is 376 g/mol. The van der Waals surface area contributed by atoms with Crippen LogP contribution in [0.2, 0.25) is 0 Å². The molecule has 28 heavy (non-hydrogen) atoms. The molecule has 3 N–H and O–H groups in total. The summed E-state index contributed by atoms with van der Waals surface area (Å²) in [4.78, 5) is 26.2. The molecule has 0 radical (unpaired) electrons. The lowest BCUT2D eigenvalue weighted by atomic mass is 9.97. The fourth-order valence-electron chi connectivity index (χ4n) is 4.11. The molecule has 144 valence electrons. The van der Waals surface area contributed by atoms with Crippen molar-refractivity contribution < 1.29 is 9.59 Å². The van der Waals surface area contributed by atoms with Crippen LogP contribution in [0.5, 0.6) is 0 Å². The van der Waals surface area contributed by atoms with E-state index in [2.05, 4.69) is 23.2 Å². The van der Waals surface area contributed by atoms with E-state index in [1.807, 2.05) is 36.4 Å². The lowest BCUT2D eigenvalue weighted by Crippen LogP contribution is -2.45. The molecule has 2 aromatic carbocycles. The number of likely N-dealkylation sites (tertiary alicyclic amines) is 1. The van der Waals surface area contributed by atoms with Crippen LogP contribution in [0.1, 0.15) is 41.6 Å². The average molecular weight is 376 g/mol. The van der Waals surface area contributed by atoms with E-state index in [-0.39, 0.29) is 24.3 Å². The minimum atomic E-state index is -0.360. The number of nitrogens with two attached hydrogens (primary N) is 1. The van der Waals surface area contributed by atoms with E-state index in [1.165, 1.54) is 0 Å². The third-order valence-corrected chi connectivity index (χ3v) is 5.53. The first-order chi connectivity index (χ1) is 13.5. The van der Waals surface area contributed by atoms with E-state index in [4.69, 9.17) is 5.73 Å². The smallest absolute Gasteiger partial charge is 0.254 e. The summed E-state index contributed by atoms with van der Waals surface area (Å²) >= 11 is 0. The molecule has 6 heteroatoms. The van der Waals surface area contributed by atoms with E-state index in [9.17, 15) is 9.59 Å². The molecule has 1 aliphatic heterocycles. The van der Waals surface area contributed by atoms with Gasteiger partial charge < -0.3 is 10.6 Å². The Balaban J connectivity index is 1.60. The third-order valence-electron chi connectivity index (χ3n) is 5.53. The number of piperidine rings is 1. The number of benzene rings is 2. The zero-order chi connectivity index (χ0) is 19.7. The van der Waals surface area contributed by atoms with Crippen molar-refractivity contribution in [2.45, 2.75) is 38.6 Å². The Labute approximate surface area is 163 Å². The fraction of sp³-hybridized carbons (Fsp3) is 0.318. The van der Waals surface area contributed by atoms with Crippen molar-refractivity contribution in [3.8, 4) is 11.3 Å². The lowest BCUT2D eigenvalue weighted by molar-refractivity contribution is -0.119. The minimum absolute atomic E-state index is 0.0411. The first-order valence-corrected chi connectivity index (χ1v) is 9.68. The van der Waals surface area contributed by atoms with Gasteiger partial charge in [-0.25, -0.2) is 0 Å². The number of hydrogen-bond acceptors (Lipinski definition) is 3. The highest BCUT2D eigenvalue weighted by atomic mass is 16.2. The zero-order valence-corrected chi connectivity index (χ0v) is 15.9. The maximum absolute atomic E-state index is 13.0. The number of primary amides is 1. The van der Waals surface area contributed by atoms with Gasteiger partial charge in [0.15, 0.2) is 0 Å². The fourth-order valence-corrected chi connectivity index (χ4v) is 4.11. The first-order valence-electron chi connectivity index (χ1n) is 9.68. The van der Waals surface area contributed by atoms with Gasteiger partial charge >= 0.3 is 0 Å². The van der Waals surface area contributed by atoms with Gasteiger partial charge in [0.1, 0.15) is 5.69 Å². The van der Waals surface area contributed by atoms with Gasteiger partial charge in [-0.05, 0) is 49.9 Å². The van der Waals surface area contributed by atoms with E-state index in [1.54, 1.807) is 4.90 Å². The summed E-state index contributed by atoms with van der Waals surface area (Å²) in [6.07, 6.45) is 3.03. The van der Waals surface area contributed by atoms with Crippen molar-refractivity contribution in [3.63, 3.8) is 0 Å². The SMILES string of the molecule is Cc1cccc2[nH]nc(-c3ccc(C(=O)N4CCCCC4CC(N)=O)cc3)c12. The van der Waals surface area contributed by atoms with Crippen LogP contribution in [0.4, 0.5) is 0 Å². The predicted molar refractivity (Wildman–Crippen MR) is 109 cm³/mol. The predicted octanol–water partition coefficient (Wildman–Crippen LogP) is 3.41. The normalized spacial score (nSPS) is 17.0. The molecule has 0 bridgehead atoms. The molecule has 3 aromatic rings. The summed E-state index contributed by atoms with van der Waals surface area (Å²) in [5.41, 5.74) is 9.99. The lowest BCUT2D eigenvalue weighted by Gasteiger charge is -2.35. The van der Waals surface area contributed by atoms with E-state index >= 15 is 0 Å². The van der Waals surface area contributed by atoms with Gasteiger partial charge in [-0.2, -0.15) is 5.10 Å². The largest absolute Gasteiger partial charge is 0.370 e. The topological polar surface area (TPSA) is 92.1 Å². The van der Waals surface area contributed by atoms with Crippen molar-refractivity contribution in [2.24, 2.45) is 5.73 Å². The van der Waals surface area contributed by atoms with E-state index in [0.29, 0.717) is 12.1 Å². The average Bonchev–Trinajstić information content (AvgIpc) is 3.13. The second kappa shape index (κ2) is 7.46. The molecule has 1 aliphatic rings. The van der Waals surface area contributed by atoms with Gasteiger partial charge in [0.2, 0.25) is 5.91 Å². The van der Waals surface area contributed by atoms with Crippen LogP contribution in [0, 0.1) is 6.92 Å². The van der Waals surface area contributed by atoms with Crippen LogP contribution in [0.15, 0.2) is 42.5 Å². The van der Waals surface area contributed by atoms with Crippen LogP contribution in [-0.4, -0.2) is 39.5 Å². The van der Waals surface area contributed by atoms with Gasteiger partial charge in [-0.3, -0.25) is 14.7 Å². The van der Waals surface area contributed by atoms with E-state index in [0.717, 1.165) is 47.0 Å². The number of nitrogens with one attached hydrogen (secondary N) is 1. The number of rotatable bonds is 4. The number of fused-ring (bicyclic) bond motifs is 1. The van der Waals surface area contributed by atoms with Crippen molar-refractivity contribution >= 4 is 22.7 Å². The second-order valence-electron chi connectivity index (χ2n) is 7.47. The molecule has 0 saturated carbocycles. The second-order valence-corrected chi connectivity index (χ2v) is 7.47. The molecule has 1 saturated heterocycles. The number of nitrogens with zero attached hydrogens (tertiary/aromatic N) is 2. The molecule has 0 spiro atoms. The third kappa shape index (κ3) is 3.38. The van der Waals surface area contributed by atoms with Crippen LogP contribution < -0.4 is 5.73 Å². The van der Waals surface area contributed by atoms with Crippen LogP contribution >= 0.6 is 0 Å². The Morgan fingerprint density at radius 2 is 1.96 bits per heavy atom. The molecule has 0 aliphatic carbocycles. The molecule has 1 aromatic heterocycles. The number of aromatic amines is 1. The number of aryl methyl sites for hydroxylation is 1. The standard InChI is InChI=1S/C22H24N4O2/c1-14-5-4-7-18-20(14)21(25-24-18)15-8-10-16(11-9-15)22(28)26-12-3-2-6-17(26)13-19(23)27/h4-5,7-11,17H,2-3,6,12-13H2,1H3,(H2,23,27)(H,24,25). The number of carbonyl (C=O) groups excluding carboxylic acids is 2. The number of amides is 2. The van der Waals surface area contributed by atoms with Gasteiger partial charge in [0.05, 0.1) is 5.52 Å². The number of H-pyrrole nitrogens is 1. The minimum Gasteiger partial charge on any atom is -0.370 e. The molecule has 1 atom stereocenters. The molecule has 1 fully saturated rings. The summed E-state index contributed by atoms with van der Waals surface area (Å²) in [7, 11) is 0. The van der Waals surface area contributed by atoms with E-state index < -0.39 is 0 Å². The Bertz CT molecular complexity index is 1020. The van der Waals surface area contributed by atoms with Crippen LogP contribution in [-0.2, 0) is 4.79 Å². The van der Waals surface area contributed by atoms with Crippen molar-refractivity contribution in [3.05, 3.63) is 53.6 Å². The summed E-state index contributed by atoms with van der Waals surface area (Å²) < 4.78 is 0. The number of carbonyl (C=O) groups is 2. The Kier molecular flexibility index (Phi) is 4.86. The van der Waals surface area contributed by atoms with Crippen LogP contribution in [0.25, 0.3) is 22.2 Å². The van der Waals surface area contributed by atoms with Crippen molar-refractivity contribution in [2.75, 3.05) is 6.54 Å². The quantitative estimate of drug-likeness (QED) is 0.731. The van der Waals surface area contributed by atoms with Gasteiger partial charge in [0.25, 0.3) is 5.91 Å². The Morgan fingerprint density at radius 3 is 2.71 bits per heavy atom. The molecular formula is C22H24N4O2.